The Morgan fingerprint density at radius 1 is 1.22 bits per heavy atom. The van der Waals surface area contributed by atoms with Gasteiger partial charge < -0.3 is 14.8 Å². The molecule has 2 rings (SSSR count). The number of amides is 1. The number of anilines is 1. The molecule has 0 saturated heterocycles. The minimum Gasteiger partial charge on any atom is -0.493 e. The molecule has 0 spiro atoms. The van der Waals surface area contributed by atoms with Crippen molar-refractivity contribution in [1.29, 1.82) is 0 Å². The predicted molar refractivity (Wildman–Crippen MR) is 88.1 cm³/mol. The molecule has 6 heteroatoms. The van der Waals surface area contributed by atoms with E-state index in [1.54, 1.807) is 6.07 Å². The van der Waals surface area contributed by atoms with E-state index in [9.17, 15) is 9.18 Å². The van der Waals surface area contributed by atoms with Crippen LogP contribution in [0.25, 0.3) is 0 Å². The summed E-state index contributed by atoms with van der Waals surface area (Å²) in [4.78, 5) is 12.3. The quantitative estimate of drug-likeness (QED) is 0.872. The molecule has 0 aliphatic heterocycles. The third-order valence-corrected chi connectivity index (χ3v) is 3.23. The van der Waals surface area contributed by atoms with Crippen LogP contribution < -0.4 is 14.8 Å². The number of benzene rings is 2. The SMILES string of the molecule is COc1cc(C(=O)Nc2ccc(F)cc2)cc(Cl)c1OC(C)C. The van der Waals surface area contributed by atoms with Crippen LogP contribution in [0.3, 0.4) is 0 Å². The molecule has 2 aromatic carbocycles. The Labute approximate surface area is 139 Å². The molecule has 122 valence electrons. The van der Waals surface area contributed by atoms with Gasteiger partial charge in [0.1, 0.15) is 5.82 Å². The number of carbonyl (C=O) groups excluding carboxylic acids is 1. The maximum absolute atomic E-state index is 12.9. The van der Waals surface area contributed by atoms with E-state index in [0.717, 1.165) is 0 Å². The third-order valence-electron chi connectivity index (χ3n) is 2.95. The van der Waals surface area contributed by atoms with Crippen molar-refractivity contribution in [3.05, 3.63) is 52.8 Å². The number of carbonyl (C=O) groups is 1. The molecule has 0 aliphatic rings. The highest BCUT2D eigenvalue weighted by Gasteiger charge is 2.17. The Morgan fingerprint density at radius 2 is 1.87 bits per heavy atom. The van der Waals surface area contributed by atoms with Crippen molar-refractivity contribution in [1.82, 2.24) is 0 Å². The van der Waals surface area contributed by atoms with E-state index in [1.807, 2.05) is 13.8 Å². The Kier molecular flexibility index (Phi) is 5.45. The number of ether oxygens (including phenoxy) is 2. The lowest BCUT2D eigenvalue weighted by molar-refractivity contribution is 0.102. The first-order valence-electron chi connectivity index (χ1n) is 7.02. The lowest BCUT2D eigenvalue weighted by Gasteiger charge is -2.16. The molecule has 0 heterocycles. The van der Waals surface area contributed by atoms with Gasteiger partial charge in [-0.25, -0.2) is 4.39 Å². The van der Waals surface area contributed by atoms with Crippen LogP contribution in [-0.4, -0.2) is 19.1 Å². The molecule has 0 bridgehead atoms. The van der Waals surface area contributed by atoms with Gasteiger partial charge in [-0.3, -0.25) is 4.79 Å². The first-order chi connectivity index (χ1) is 10.9. The highest BCUT2D eigenvalue weighted by molar-refractivity contribution is 6.32. The fraction of sp³-hybridized carbons (Fsp3) is 0.235. The lowest BCUT2D eigenvalue weighted by atomic mass is 10.1. The normalized spacial score (nSPS) is 10.5. The summed E-state index contributed by atoms with van der Waals surface area (Å²) in [5, 5.41) is 2.94. The highest BCUT2D eigenvalue weighted by atomic mass is 35.5. The molecule has 1 amide bonds. The molecular formula is C17H17ClFNO3. The molecule has 1 N–H and O–H groups in total. The van der Waals surface area contributed by atoms with Crippen LogP contribution >= 0.6 is 11.6 Å². The molecule has 0 fully saturated rings. The minimum atomic E-state index is -0.382. The summed E-state index contributed by atoms with van der Waals surface area (Å²) >= 11 is 6.19. The van der Waals surface area contributed by atoms with Crippen molar-refractivity contribution in [2.75, 3.05) is 12.4 Å². The van der Waals surface area contributed by atoms with Crippen molar-refractivity contribution < 1.29 is 18.7 Å². The van der Waals surface area contributed by atoms with Crippen molar-refractivity contribution in [2.45, 2.75) is 20.0 Å². The summed E-state index contributed by atoms with van der Waals surface area (Å²) in [5.74, 6) is 0.00811. The summed E-state index contributed by atoms with van der Waals surface area (Å²) in [6, 6.07) is 8.53. The van der Waals surface area contributed by atoms with Gasteiger partial charge in [-0.1, -0.05) is 11.6 Å². The molecular weight excluding hydrogens is 321 g/mol. The third kappa shape index (κ3) is 4.36. The molecule has 0 aromatic heterocycles. The first-order valence-corrected chi connectivity index (χ1v) is 7.39. The van der Waals surface area contributed by atoms with Gasteiger partial charge in [-0.15, -0.1) is 0 Å². The summed E-state index contributed by atoms with van der Waals surface area (Å²) in [7, 11) is 1.47. The van der Waals surface area contributed by atoms with Gasteiger partial charge in [0.25, 0.3) is 5.91 Å². The Hall–Kier alpha value is -2.27. The molecule has 0 atom stereocenters. The van der Waals surface area contributed by atoms with Crippen molar-refractivity contribution in [3.8, 4) is 11.5 Å². The fourth-order valence-corrected chi connectivity index (χ4v) is 2.19. The van der Waals surface area contributed by atoms with Crippen LogP contribution in [0.2, 0.25) is 5.02 Å². The smallest absolute Gasteiger partial charge is 0.255 e. The van der Waals surface area contributed by atoms with Gasteiger partial charge in [-0.05, 0) is 50.2 Å². The van der Waals surface area contributed by atoms with Crippen LogP contribution in [0.4, 0.5) is 10.1 Å². The van der Waals surface area contributed by atoms with Crippen molar-refractivity contribution in [2.24, 2.45) is 0 Å². The summed E-state index contributed by atoms with van der Waals surface area (Å²) in [6.07, 6.45) is -0.0831. The molecule has 0 saturated carbocycles. The minimum absolute atomic E-state index is 0.0831. The highest BCUT2D eigenvalue weighted by Crippen LogP contribution is 2.37. The zero-order valence-corrected chi connectivity index (χ0v) is 13.8. The molecule has 4 nitrogen and oxygen atoms in total. The Balaban J connectivity index is 2.26. The number of rotatable bonds is 5. The van der Waals surface area contributed by atoms with Crippen LogP contribution in [0, 0.1) is 5.82 Å². The molecule has 0 unspecified atom stereocenters. The standard InChI is InChI=1S/C17H17ClFNO3/c1-10(2)23-16-14(18)8-11(9-15(16)22-3)17(21)20-13-6-4-12(19)5-7-13/h4-10H,1-3H3,(H,20,21). The Bertz CT molecular complexity index is 702. The van der Waals surface area contributed by atoms with E-state index >= 15 is 0 Å². The van der Waals surface area contributed by atoms with E-state index in [0.29, 0.717) is 22.7 Å². The summed E-state index contributed by atoms with van der Waals surface area (Å²) < 4.78 is 23.7. The maximum atomic E-state index is 12.9. The molecule has 23 heavy (non-hydrogen) atoms. The molecule has 2 aromatic rings. The number of nitrogens with one attached hydrogen (secondary N) is 1. The first kappa shape index (κ1) is 17.1. The van der Waals surface area contributed by atoms with Crippen LogP contribution in [0.1, 0.15) is 24.2 Å². The van der Waals surface area contributed by atoms with Crippen LogP contribution in [-0.2, 0) is 0 Å². The zero-order valence-electron chi connectivity index (χ0n) is 13.0. The number of hydrogen-bond acceptors (Lipinski definition) is 3. The van der Waals surface area contributed by atoms with Gasteiger partial charge in [0.05, 0.1) is 18.2 Å². The van der Waals surface area contributed by atoms with E-state index in [1.165, 1.54) is 37.4 Å². The van der Waals surface area contributed by atoms with Crippen molar-refractivity contribution >= 4 is 23.2 Å². The summed E-state index contributed by atoms with van der Waals surface area (Å²) in [6.45, 7) is 3.73. The van der Waals surface area contributed by atoms with Gasteiger partial charge in [-0.2, -0.15) is 0 Å². The zero-order chi connectivity index (χ0) is 17.0. The second-order valence-electron chi connectivity index (χ2n) is 5.12. The van der Waals surface area contributed by atoms with Crippen molar-refractivity contribution in [3.63, 3.8) is 0 Å². The van der Waals surface area contributed by atoms with Gasteiger partial charge in [0.2, 0.25) is 0 Å². The average molecular weight is 338 g/mol. The van der Waals surface area contributed by atoms with E-state index < -0.39 is 0 Å². The monoisotopic (exact) mass is 337 g/mol. The van der Waals surface area contributed by atoms with Gasteiger partial charge in [0.15, 0.2) is 11.5 Å². The van der Waals surface area contributed by atoms with Crippen LogP contribution in [0.15, 0.2) is 36.4 Å². The van der Waals surface area contributed by atoms with E-state index in [-0.39, 0.29) is 22.9 Å². The number of methoxy groups -OCH3 is 1. The topological polar surface area (TPSA) is 47.6 Å². The van der Waals surface area contributed by atoms with E-state index in [2.05, 4.69) is 5.32 Å². The lowest BCUT2D eigenvalue weighted by Crippen LogP contribution is -2.13. The number of hydrogen-bond donors (Lipinski definition) is 1. The van der Waals surface area contributed by atoms with Crippen LogP contribution in [0.5, 0.6) is 11.5 Å². The second kappa shape index (κ2) is 7.33. The average Bonchev–Trinajstić information content (AvgIpc) is 2.50. The predicted octanol–water partition coefficient (Wildman–Crippen LogP) is 4.53. The maximum Gasteiger partial charge on any atom is 0.255 e. The largest absolute Gasteiger partial charge is 0.493 e. The molecule has 0 radical (unpaired) electrons. The summed E-state index contributed by atoms with van der Waals surface area (Å²) in [5.41, 5.74) is 0.793. The van der Waals surface area contributed by atoms with Gasteiger partial charge in [0, 0.05) is 11.3 Å². The second-order valence-corrected chi connectivity index (χ2v) is 5.52. The number of halogens is 2. The Morgan fingerprint density at radius 3 is 2.43 bits per heavy atom. The fourth-order valence-electron chi connectivity index (χ4n) is 1.94. The van der Waals surface area contributed by atoms with E-state index in [4.69, 9.17) is 21.1 Å². The molecule has 0 aliphatic carbocycles. The van der Waals surface area contributed by atoms with Gasteiger partial charge >= 0.3 is 0 Å².